The summed E-state index contributed by atoms with van der Waals surface area (Å²) in [6.45, 7) is 4.97. The number of carbonyl (C=O) groups is 2. The third kappa shape index (κ3) is 59.8. The lowest BCUT2D eigenvalue weighted by Gasteiger charge is -2.22. The van der Waals surface area contributed by atoms with Crippen LogP contribution in [0.15, 0.2) is 12.2 Å². The summed E-state index contributed by atoms with van der Waals surface area (Å²) in [4.78, 5) is 24.5. The standard InChI is InChI=1S/C68H133NO5/c1-3-5-7-9-11-13-15-37-42-46-50-54-58-62-68(73)74-63-59-55-51-47-43-39-36-34-32-30-28-26-24-22-20-18-16-17-19-21-23-25-27-29-31-33-35-38-41-45-49-53-57-61-67(72)69-65(64-70)66(71)60-56-52-48-44-40-14-12-10-8-6-4-2/h20,22,65-66,70-71H,3-19,21,23-64H2,1-2H3,(H,69,72)/b22-20-. The fraction of sp³-hybridized carbons (Fsp3) is 0.941. The normalized spacial score (nSPS) is 12.5. The highest BCUT2D eigenvalue weighted by Crippen LogP contribution is 2.19. The van der Waals surface area contributed by atoms with Gasteiger partial charge in [-0.15, -0.1) is 0 Å². The summed E-state index contributed by atoms with van der Waals surface area (Å²) >= 11 is 0. The average molecular weight is 1040 g/mol. The van der Waals surface area contributed by atoms with E-state index >= 15 is 0 Å². The molecule has 0 aliphatic rings. The Balaban J connectivity index is 3.32. The maximum Gasteiger partial charge on any atom is 0.305 e. The Morgan fingerprint density at radius 1 is 0.365 bits per heavy atom. The Morgan fingerprint density at radius 2 is 0.635 bits per heavy atom. The van der Waals surface area contributed by atoms with Gasteiger partial charge in [0.15, 0.2) is 0 Å². The topological polar surface area (TPSA) is 95.9 Å². The van der Waals surface area contributed by atoms with E-state index in [1.165, 1.54) is 315 Å². The van der Waals surface area contributed by atoms with Gasteiger partial charge in [0.25, 0.3) is 0 Å². The molecule has 0 radical (unpaired) electrons. The number of nitrogens with one attached hydrogen (secondary N) is 1. The molecule has 0 aromatic heterocycles. The van der Waals surface area contributed by atoms with Crippen LogP contribution < -0.4 is 5.32 Å². The zero-order valence-corrected chi connectivity index (χ0v) is 50.4. The Bertz CT molecular complexity index is 1110. The quantitative estimate of drug-likeness (QED) is 0.0320. The zero-order chi connectivity index (χ0) is 53.6. The van der Waals surface area contributed by atoms with Gasteiger partial charge in [-0.1, -0.05) is 334 Å². The number of carbonyl (C=O) groups excluding carboxylic acids is 2. The molecular weight excluding hydrogens is 911 g/mol. The monoisotopic (exact) mass is 1040 g/mol. The predicted octanol–water partition coefficient (Wildman–Crippen LogP) is 21.6. The van der Waals surface area contributed by atoms with Crippen molar-refractivity contribution < 1.29 is 24.5 Å². The van der Waals surface area contributed by atoms with Crippen molar-refractivity contribution in [1.82, 2.24) is 5.32 Å². The van der Waals surface area contributed by atoms with Crippen molar-refractivity contribution in [3.63, 3.8) is 0 Å². The number of hydrogen-bond donors (Lipinski definition) is 3. The number of hydrogen-bond acceptors (Lipinski definition) is 5. The molecular formula is C68H133NO5. The van der Waals surface area contributed by atoms with Crippen LogP contribution in [0, 0.1) is 0 Å². The Labute approximate surface area is 463 Å². The van der Waals surface area contributed by atoms with Crippen LogP contribution in [-0.4, -0.2) is 47.4 Å². The molecule has 0 aromatic carbocycles. The lowest BCUT2D eigenvalue weighted by Crippen LogP contribution is -2.45. The van der Waals surface area contributed by atoms with Gasteiger partial charge >= 0.3 is 5.97 Å². The number of amides is 1. The Morgan fingerprint density at radius 3 is 0.959 bits per heavy atom. The van der Waals surface area contributed by atoms with Gasteiger partial charge < -0.3 is 20.3 Å². The van der Waals surface area contributed by atoms with E-state index in [0.717, 1.165) is 38.5 Å². The van der Waals surface area contributed by atoms with Crippen molar-refractivity contribution in [2.45, 2.75) is 398 Å². The van der Waals surface area contributed by atoms with Gasteiger partial charge in [-0.3, -0.25) is 9.59 Å². The summed E-state index contributed by atoms with van der Waals surface area (Å²) in [5.74, 6) is -0.00993. The van der Waals surface area contributed by atoms with Gasteiger partial charge in [-0.25, -0.2) is 0 Å². The van der Waals surface area contributed by atoms with Crippen LogP contribution in [-0.2, 0) is 14.3 Å². The van der Waals surface area contributed by atoms with Crippen LogP contribution in [0.1, 0.15) is 386 Å². The van der Waals surface area contributed by atoms with E-state index in [9.17, 15) is 19.8 Å². The molecule has 0 heterocycles. The maximum absolute atomic E-state index is 12.5. The van der Waals surface area contributed by atoms with Crippen molar-refractivity contribution in [2.75, 3.05) is 13.2 Å². The molecule has 74 heavy (non-hydrogen) atoms. The molecule has 1 amide bonds. The predicted molar refractivity (Wildman–Crippen MR) is 324 cm³/mol. The summed E-state index contributed by atoms with van der Waals surface area (Å²) in [6.07, 6.45) is 78.4. The van der Waals surface area contributed by atoms with Gasteiger partial charge in [-0.2, -0.15) is 0 Å². The van der Waals surface area contributed by atoms with Crippen molar-refractivity contribution in [3.05, 3.63) is 12.2 Å². The smallest absolute Gasteiger partial charge is 0.305 e. The molecule has 6 heteroatoms. The zero-order valence-electron chi connectivity index (χ0n) is 50.4. The number of ether oxygens (including phenoxy) is 1. The number of rotatable bonds is 64. The highest BCUT2D eigenvalue weighted by molar-refractivity contribution is 5.76. The molecule has 6 nitrogen and oxygen atoms in total. The lowest BCUT2D eigenvalue weighted by molar-refractivity contribution is -0.143. The second kappa shape index (κ2) is 64.1. The molecule has 0 aliphatic carbocycles. The molecule has 0 saturated heterocycles. The first-order valence-electron chi connectivity index (χ1n) is 33.9. The lowest BCUT2D eigenvalue weighted by atomic mass is 10.0. The van der Waals surface area contributed by atoms with Gasteiger partial charge in [0.1, 0.15) is 0 Å². The van der Waals surface area contributed by atoms with Crippen molar-refractivity contribution in [2.24, 2.45) is 0 Å². The minimum Gasteiger partial charge on any atom is -0.466 e. The first-order chi connectivity index (χ1) is 36.5. The molecule has 0 aliphatic heterocycles. The molecule has 2 atom stereocenters. The highest BCUT2D eigenvalue weighted by Gasteiger charge is 2.20. The van der Waals surface area contributed by atoms with E-state index in [1.54, 1.807) is 0 Å². The second-order valence-electron chi connectivity index (χ2n) is 23.5. The average Bonchev–Trinajstić information content (AvgIpc) is 3.40. The van der Waals surface area contributed by atoms with E-state index in [0.29, 0.717) is 25.9 Å². The van der Waals surface area contributed by atoms with E-state index in [4.69, 9.17) is 4.74 Å². The molecule has 0 rings (SSSR count). The molecule has 3 N–H and O–H groups in total. The van der Waals surface area contributed by atoms with Crippen molar-refractivity contribution in [3.8, 4) is 0 Å². The fourth-order valence-corrected chi connectivity index (χ4v) is 10.9. The van der Waals surface area contributed by atoms with Gasteiger partial charge in [-0.05, 0) is 51.4 Å². The van der Waals surface area contributed by atoms with Crippen LogP contribution in [0.25, 0.3) is 0 Å². The maximum atomic E-state index is 12.5. The van der Waals surface area contributed by atoms with Gasteiger partial charge in [0.05, 0.1) is 25.4 Å². The summed E-state index contributed by atoms with van der Waals surface area (Å²) in [6, 6.07) is -0.537. The van der Waals surface area contributed by atoms with Crippen LogP contribution in [0.3, 0.4) is 0 Å². The van der Waals surface area contributed by atoms with E-state index < -0.39 is 12.1 Å². The van der Waals surface area contributed by atoms with Crippen LogP contribution >= 0.6 is 0 Å². The number of aliphatic hydroxyl groups is 2. The van der Waals surface area contributed by atoms with Crippen LogP contribution in [0.5, 0.6) is 0 Å². The number of unbranched alkanes of at least 4 members (excludes halogenated alkanes) is 51. The molecule has 0 aromatic rings. The van der Waals surface area contributed by atoms with Crippen molar-refractivity contribution >= 4 is 11.9 Å². The summed E-state index contributed by atoms with van der Waals surface area (Å²) in [5, 5.41) is 23.2. The largest absolute Gasteiger partial charge is 0.466 e. The summed E-state index contributed by atoms with van der Waals surface area (Å²) in [5.41, 5.74) is 0. The Hall–Kier alpha value is -1.40. The minimum atomic E-state index is -0.660. The highest BCUT2D eigenvalue weighted by atomic mass is 16.5. The number of allylic oxidation sites excluding steroid dienone is 2. The molecule has 0 bridgehead atoms. The second-order valence-corrected chi connectivity index (χ2v) is 23.5. The SMILES string of the molecule is CCCCCCCCCCCCCCCC(=O)OCCCCCCCCCCCCCC/C=C\CCCCCCCCCCCCCCCCCCCC(=O)NC(CO)C(O)CCCCCCCCCCCCC. The van der Waals surface area contributed by atoms with E-state index in [2.05, 4.69) is 31.3 Å². The minimum absolute atomic E-state index is 0.0209. The summed E-state index contributed by atoms with van der Waals surface area (Å²) < 4.78 is 5.49. The third-order valence-electron chi connectivity index (χ3n) is 16.1. The number of esters is 1. The molecule has 440 valence electrons. The van der Waals surface area contributed by atoms with E-state index in [1.807, 2.05) is 0 Å². The van der Waals surface area contributed by atoms with Crippen LogP contribution in [0.4, 0.5) is 0 Å². The summed E-state index contributed by atoms with van der Waals surface area (Å²) in [7, 11) is 0. The third-order valence-corrected chi connectivity index (χ3v) is 16.1. The molecule has 0 saturated carbocycles. The number of aliphatic hydroxyl groups excluding tert-OH is 2. The fourth-order valence-electron chi connectivity index (χ4n) is 10.9. The first kappa shape index (κ1) is 72.6. The van der Waals surface area contributed by atoms with Gasteiger partial charge in [0.2, 0.25) is 5.91 Å². The first-order valence-corrected chi connectivity index (χ1v) is 33.9. The molecule has 2 unspecified atom stereocenters. The Kier molecular flexibility index (Phi) is 62.9. The molecule has 0 spiro atoms. The van der Waals surface area contributed by atoms with Crippen LogP contribution in [0.2, 0.25) is 0 Å². The van der Waals surface area contributed by atoms with Crippen molar-refractivity contribution in [1.29, 1.82) is 0 Å². The van der Waals surface area contributed by atoms with Gasteiger partial charge in [0, 0.05) is 12.8 Å². The van der Waals surface area contributed by atoms with E-state index in [-0.39, 0.29) is 18.5 Å². The molecule has 0 fully saturated rings.